The Hall–Kier alpha value is 0.360. The second-order valence-corrected chi connectivity index (χ2v) is 9.69. The van der Waals surface area contributed by atoms with Crippen molar-refractivity contribution in [2.24, 2.45) is 5.41 Å². The SMILES string of the molecule is CC(C)(C(=O)C(Br)Br)C(/C=C(\Cl)C(F)(F)F)OS(C)(=O)=O. The molecule has 0 bridgehead atoms. The molecule has 0 saturated carbocycles. The average Bonchev–Trinajstić information content (AvgIpc) is 2.23. The molecule has 1 atom stereocenters. The third-order valence-corrected chi connectivity index (χ3v) is 4.12. The number of carbonyl (C=O) groups excluding carboxylic acids is 1. The minimum Gasteiger partial charge on any atom is -0.297 e. The van der Waals surface area contributed by atoms with Gasteiger partial charge in [-0.3, -0.25) is 8.98 Å². The molecule has 124 valence electrons. The lowest BCUT2D eigenvalue weighted by molar-refractivity contribution is -0.128. The lowest BCUT2D eigenvalue weighted by atomic mass is 9.82. The summed E-state index contributed by atoms with van der Waals surface area (Å²) in [7, 11) is -4.11. The number of Topliss-reactive ketones (excluding diaryl/α,β-unsaturated/α-hetero) is 1. The van der Waals surface area contributed by atoms with Crippen molar-refractivity contribution in [3.63, 3.8) is 0 Å². The van der Waals surface area contributed by atoms with Crippen LogP contribution in [0.5, 0.6) is 0 Å². The molecule has 0 rings (SSSR count). The highest BCUT2D eigenvalue weighted by atomic mass is 79.9. The summed E-state index contributed by atoms with van der Waals surface area (Å²) < 4.78 is 63.6. The zero-order chi connectivity index (χ0) is 17.2. The highest BCUT2D eigenvalue weighted by Crippen LogP contribution is 2.36. The van der Waals surface area contributed by atoms with Crippen LogP contribution >= 0.6 is 43.5 Å². The molecule has 0 aromatic carbocycles. The first kappa shape index (κ1) is 21.4. The van der Waals surface area contributed by atoms with Crippen molar-refractivity contribution in [3.05, 3.63) is 11.1 Å². The smallest absolute Gasteiger partial charge is 0.297 e. The van der Waals surface area contributed by atoms with Gasteiger partial charge in [-0.15, -0.1) is 0 Å². The molecule has 0 amide bonds. The van der Waals surface area contributed by atoms with Gasteiger partial charge in [0, 0.05) is 0 Å². The maximum atomic E-state index is 12.5. The summed E-state index contributed by atoms with van der Waals surface area (Å²) in [6.07, 6.45) is -5.56. The highest BCUT2D eigenvalue weighted by Gasteiger charge is 2.43. The van der Waals surface area contributed by atoms with Gasteiger partial charge >= 0.3 is 6.18 Å². The summed E-state index contributed by atoms with van der Waals surface area (Å²) in [6.45, 7) is 2.50. The summed E-state index contributed by atoms with van der Waals surface area (Å²) in [5, 5.41) is -1.57. The molecule has 0 spiro atoms. The fourth-order valence-electron chi connectivity index (χ4n) is 1.19. The van der Waals surface area contributed by atoms with Crippen molar-refractivity contribution in [1.82, 2.24) is 0 Å². The van der Waals surface area contributed by atoms with Crippen molar-refractivity contribution < 1.29 is 30.6 Å². The van der Waals surface area contributed by atoms with Crippen molar-refractivity contribution in [2.75, 3.05) is 6.26 Å². The van der Waals surface area contributed by atoms with Gasteiger partial charge < -0.3 is 0 Å². The standard InChI is InChI=1S/C10H12Br2ClF3O4S/c1-9(2,7(17)8(11)12)6(20-21(3,18)19)4-5(13)10(14,15)16/h4,6,8H,1-3H3/b5-4-. The maximum Gasteiger partial charge on any atom is 0.426 e. The molecular weight excluding hydrogens is 468 g/mol. The Labute approximate surface area is 142 Å². The van der Waals surface area contributed by atoms with E-state index in [1.807, 2.05) is 0 Å². The van der Waals surface area contributed by atoms with Crippen LogP contribution in [0.2, 0.25) is 0 Å². The van der Waals surface area contributed by atoms with E-state index in [-0.39, 0.29) is 0 Å². The Morgan fingerprint density at radius 3 is 2.00 bits per heavy atom. The number of allylic oxidation sites excluding steroid dienone is 1. The van der Waals surface area contributed by atoms with Crippen molar-refractivity contribution in [3.8, 4) is 0 Å². The van der Waals surface area contributed by atoms with E-state index >= 15 is 0 Å². The van der Waals surface area contributed by atoms with Gasteiger partial charge in [-0.05, 0) is 19.9 Å². The first-order valence-corrected chi connectivity index (χ1v) is 9.27. The Morgan fingerprint density at radius 1 is 1.29 bits per heavy atom. The van der Waals surface area contributed by atoms with Gasteiger partial charge in [0.25, 0.3) is 10.1 Å². The summed E-state index contributed by atoms with van der Waals surface area (Å²) in [5.74, 6) is -0.612. The zero-order valence-electron chi connectivity index (χ0n) is 11.0. The molecule has 21 heavy (non-hydrogen) atoms. The van der Waals surface area contributed by atoms with Crippen LogP contribution in [0.3, 0.4) is 0 Å². The van der Waals surface area contributed by atoms with Crippen LogP contribution in [0, 0.1) is 5.41 Å². The largest absolute Gasteiger partial charge is 0.426 e. The number of rotatable bonds is 6. The number of carbonyl (C=O) groups is 1. The molecule has 0 aliphatic heterocycles. The lowest BCUT2D eigenvalue weighted by Crippen LogP contribution is -2.42. The van der Waals surface area contributed by atoms with Gasteiger partial charge in [-0.1, -0.05) is 43.5 Å². The first-order chi connectivity index (χ1) is 9.09. The molecule has 0 fully saturated rings. The van der Waals surface area contributed by atoms with Crippen LogP contribution in [0.15, 0.2) is 11.1 Å². The van der Waals surface area contributed by atoms with Crippen LogP contribution in [-0.4, -0.2) is 36.5 Å². The quantitative estimate of drug-likeness (QED) is 0.430. The van der Waals surface area contributed by atoms with E-state index in [2.05, 4.69) is 36.0 Å². The highest BCUT2D eigenvalue weighted by molar-refractivity contribution is 9.25. The van der Waals surface area contributed by atoms with Gasteiger partial charge in [0.15, 0.2) is 5.78 Å². The van der Waals surface area contributed by atoms with E-state index < -0.39 is 42.4 Å². The van der Waals surface area contributed by atoms with Crippen LogP contribution in [-0.2, 0) is 19.1 Å². The number of ketones is 1. The predicted molar refractivity (Wildman–Crippen MR) is 80.1 cm³/mol. The maximum absolute atomic E-state index is 12.5. The molecule has 0 radical (unpaired) electrons. The van der Waals surface area contributed by atoms with Crippen LogP contribution in [0.25, 0.3) is 0 Å². The molecule has 0 aliphatic carbocycles. The van der Waals surface area contributed by atoms with Gasteiger partial charge in [0.2, 0.25) is 0 Å². The Morgan fingerprint density at radius 2 is 1.71 bits per heavy atom. The molecule has 0 heterocycles. The molecular formula is C10H12Br2ClF3O4S. The molecule has 11 heteroatoms. The van der Waals surface area contributed by atoms with Crippen LogP contribution in [0.1, 0.15) is 13.8 Å². The molecule has 0 aromatic heterocycles. The van der Waals surface area contributed by atoms with Crippen molar-refractivity contribution in [1.29, 1.82) is 0 Å². The topological polar surface area (TPSA) is 60.4 Å². The summed E-state index contributed by atoms with van der Waals surface area (Å²) >= 11 is 10.9. The lowest BCUT2D eigenvalue weighted by Gasteiger charge is -2.30. The van der Waals surface area contributed by atoms with E-state index in [9.17, 15) is 26.4 Å². The minimum absolute atomic E-state index is 0.364. The summed E-state index contributed by atoms with van der Waals surface area (Å²) in [6, 6.07) is 0. The fourth-order valence-corrected chi connectivity index (χ4v) is 3.16. The minimum atomic E-state index is -4.87. The van der Waals surface area contributed by atoms with Gasteiger partial charge in [-0.25, -0.2) is 0 Å². The van der Waals surface area contributed by atoms with Gasteiger partial charge in [0.1, 0.15) is 14.9 Å². The van der Waals surface area contributed by atoms with Gasteiger partial charge in [0.05, 0.1) is 11.7 Å². The third kappa shape index (κ3) is 6.98. The predicted octanol–water partition coefficient (Wildman–Crippen LogP) is 3.73. The van der Waals surface area contributed by atoms with Crippen LogP contribution in [0.4, 0.5) is 13.2 Å². The van der Waals surface area contributed by atoms with E-state index in [1.54, 1.807) is 0 Å². The molecule has 0 saturated heterocycles. The fraction of sp³-hybridized carbons (Fsp3) is 0.700. The molecule has 0 N–H and O–H groups in total. The zero-order valence-corrected chi connectivity index (χ0v) is 15.8. The van der Waals surface area contributed by atoms with Crippen LogP contribution < -0.4 is 0 Å². The Bertz CT molecular complexity index is 529. The number of hydrogen-bond acceptors (Lipinski definition) is 4. The number of alkyl halides is 5. The number of halogens is 6. The first-order valence-electron chi connectivity index (χ1n) is 5.24. The average molecular weight is 481 g/mol. The van der Waals surface area contributed by atoms with E-state index in [4.69, 9.17) is 11.6 Å². The van der Waals surface area contributed by atoms with E-state index in [0.29, 0.717) is 12.3 Å². The molecule has 0 aromatic rings. The van der Waals surface area contributed by atoms with Gasteiger partial charge in [-0.2, -0.15) is 21.6 Å². The molecule has 0 aliphatic rings. The summed E-state index contributed by atoms with van der Waals surface area (Å²) in [4.78, 5) is 12.0. The normalized spacial score (nSPS) is 16.2. The molecule has 1 unspecified atom stereocenters. The monoisotopic (exact) mass is 478 g/mol. The van der Waals surface area contributed by atoms with Crippen molar-refractivity contribution >= 4 is 59.4 Å². The third-order valence-electron chi connectivity index (χ3n) is 2.39. The van der Waals surface area contributed by atoms with E-state index in [0.717, 1.165) is 0 Å². The second-order valence-electron chi connectivity index (χ2n) is 4.62. The second kappa shape index (κ2) is 7.29. The van der Waals surface area contributed by atoms with E-state index in [1.165, 1.54) is 13.8 Å². The summed E-state index contributed by atoms with van der Waals surface area (Å²) in [5.41, 5.74) is -1.59. The Balaban J connectivity index is 5.81. The number of hydrogen-bond donors (Lipinski definition) is 0. The van der Waals surface area contributed by atoms with Crippen molar-refractivity contribution in [2.45, 2.75) is 29.9 Å². The Kier molecular flexibility index (Phi) is 7.41. The molecule has 4 nitrogen and oxygen atoms in total.